The van der Waals surface area contributed by atoms with Crippen LogP contribution in [0.25, 0.3) is 0 Å². The Balaban J connectivity index is 1.51. The summed E-state index contributed by atoms with van der Waals surface area (Å²) in [5.41, 5.74) is 2.33. The average Bonchev–Trinajstić information content (AvgIpc) is 3.03. The highest BCUT2D eigenvalue weighted by Gasteiger charge is 2.59. The van der Waals surface area contributed by atoms with Crippen LogP contribution in [0, 0.1) is 46.3 Å². The molecule has 0 radical (unpaired) electrons. The van der Waals surface area contributed by atoms with Gasteiger partial charge in [0.15, 0.2) is 0 Å². The van der Waals surface area contributed by atoms with Gasteiger partial charge in [-0.05, 0) is 111 Å². The summed E-state index contributed by atoms with van der Waals surface area (Å²) < 4.78 is 0. The molecule has 3 saturated carbocycles. The number of aliphatic hydroxyl groups excluding tert-OH is 2. The quantitative estimate of drug-likeness (QED) is 0.525. The molecule has 0 aromatic rings. The molecule has 9 atom stereocenters. The third-order valence-electron chi connectivity index (χ3n) is 10.4. The minimum Gasteiger partial charge on any atom is -0.393 e. The van der Waals surface area contributed by atoms with Gasteiger partial charge in [-0.3, -0.25) is 0 Å². The highest BCUT2D eigenvalue weighted by Crippen LogP contribution is 2.67. The molecule has 0 bridgehead atoms. The molecular weight excluding hydrogens is 356 g/mol. The maximum atomic E-state index is 11.0. The Hall–Kier alpha value is -0.340. The average molecular weight is 403 g/mol. The zero-order chi connectivity index (χ0) is 21.0. The van der Waals surface area contributed by atoms with Crippen LogP contribution in [-0.2, 0) is 0 Å². The SMILES string of the molecule is CC(C)CC[C@@H](O)[C@@H](C)[C@H]1CCC2[C@H]3CC=C4CC(O)CC[C@]4(C)[C@@H]3CC[C@@]21C. The van der Waals surface area contributed by atoms with Crippen molar-refractivity contribution in [1.82, 2.24) is 0 Å². The fourth-order valence-corrected chi connectivity index (χ4v) is 8.58. The summed E-state index contributed by atoms with van der Waals surface area (Å²) in [5.74, 6) is 4.25. The number of allylic oxidation sites excluding steroid dienone is 1. The van der Waals surface area contributed by atoms with Crippen molar-refractivity contribution in [2.75, 3.05) is 0 Å². The van der Waals surface area contributed by atoms with E-state index in [2.05, 4.69) is 40.7 Å². The van der Waals surface area contributed by atoms with Crippen molar-refractivity contribution in [2.45, 2.75) is 111 Å². The van der Waals surface area contributed by atoms with Gasteiger partial charge in [-0.1, -0.05) is 46.3 Å². The van der Waals surface area contributed by atoms with E-state index in [4.69, 9.17) is 0 Å². The molecule has 3 fully saturated rings. The van der Waals surface area contributed by atoms with Gasteiger partial charge in [0.05, 0.1) is 12.2 Å². The summed E-state index contributed by atoms with van der Waals surface area (Å²) in [6.07, 6.45) is 14.1. The summed E-state index contributed by atoms with van der Waals surface area (Å²) in [5, 5.41) is 21.2. The molecule has 2 nitrogen and oxygen atoms in total. The van der Waals surface area contributed by atoms with Crippen LogP contribution < -0.4 is 0 Å². The Morgan fingerprint density at radius 3 is 2.48 bits per heavy atom. The molecule has 4 aliphatic carbocycles. The standard InChI is InChI=1S/C27H46O2/c1-17(2)6-11-25(29)18(3)22-9-10-23-21-8-7-19-16-20(28)12-14-26(19,4)24(21)13-15-27(22,23)5/h7,17-18,20-25,28-29H,6,8-16H2,1-5H3/t18-,20?,21+,22+,23?,24+,25+,26-,27+/m0/s1. The molecule has 4 aliphatic rings. The van der Waals surface area contributed by atoms with Gasteiger partial charge in [0.1, 0.15) is 0 Å². The van der Waals surface area contributed by atoms with E-state index in [-0.39, 0.29) is 12.2 Å². The third kappa shape index (κ3) is 3.65. The predicted molar refractivity (Wildman–Crippen MR) is 120 cm³/mol. The first-order chi connectivity index (χ1) is 13.7. The molecule has 2 N–H and O–H groups in total. The number of aliphatic hydroxyl groups is 2. The smallest absolute Gasteiger partial charge is 0.0577 e. The predicted octanol–water partition coefficient (Wildman–Crippen LogP) is 6.36. The Bertz CT molecular complexity index is 624. The highest BCUT2D eigenvalue weighted by atomic mass is 16.3. The highest BCUT2D eigenvalue weighted by molar-refractivity contribution is 5.25. The van der Waals surface area contributed by atoms with Crippen molar-refractivity contribution in [3.63, 3.8) is 0 Å². The molecule has 0 heterocycles. The lowest BCUT2D eigenvalue weighted by Gasteiger charge is -2.58. The molecule has 166 valence electrons. The lowest BCUT2D eigenvalue weighted by atomic mass is 9.47. The monoisotopic (exact) mass is 402 g/mol. The van der Waals surface area contributed by atoms with E-state index in [9.17, 15) is 10.2 Å². The summed E-state index contributed by atoms with van der Waals surface area (Å²) in [4.78, 5) is 0. The Labute approximate surface area is 179 Å². The van der Waals surface area contributed by atoms with Crippen molar-refractivity contribution >= 4 is 0 Å². The Morgan fingerprint density at radius 1 is 1.00 bits per heavy atom. The molecule has 0 amide bonds. The zero-order valence-corrected chi connectivity index (χ0v) is 19.7. The topological polar surface area (TPSA) is 40.5 Å². The van der Waals surface area contributed by atoms with Gasteiger partial charge in [0.25, 0.3) is 0 Å². The van der Waals surface area contributed by atoms with Crippen molar-refractivity contribution in [1.29, 1.82) is 0 Å². The largest absolute Gasteiger partial charge is 0.393 e. The molecule has 2 unspecified atom stereocenters. The van der Waals surface area contributed by atoms with E-state index >= 15 is 0 Å². The van der Waals surface area contributed by atoms with Crippen LogP contribution in [0.2, 0.25) is 0 Å². The van der Waals surface area contributed by atoms with Crippen molar-refractivity contribution < 1.29 is 10.2 Å². The maximum absolute atomic E-state index is 11.0. The number of hydrogen-bond donors (Lipinski definition) is 2. The van der Waals surface area contributed by atoms with Crippen LogP contribution in [-0.4, -0.2) is 22.4 Å². The van der Waals surface area contributed by atoms with Crippen LogP contribution in [0.15, 0.2) is 11.6 Å². The molecule has 4 rings (SSSR count). The lowest BCUT2D eigenvalue weighted by Crippen LogP contribution is -2.51. The fraction of sp³-hybridized carbons (Fsp3) is 0.926. The molecule has 0 saturated heterocycles. The van der Waals surface area contributed by atoms with Gasteiger partial charge in [-0.25, -0.2) is 0 Å². The van der Waals surface area contributed by atoms with E-state index in [1.807, 2.05) is 0 Å². The second-order valence-electron chi connectivity index (χ2n) is 12.3. The minimum atomic E-state index is -0.133. The zero-order valence-electron chi connectivity index (χ0n) is 19.7. The molecular formula is C27H46O2. The Morgan fingerprint density at radius 2 is 1.76 bits per heavy atom. The van der Waals surface area contributed by atoms with Gasteiger partial charge in [-0.15, -0.1) is 0 Å². The first-order valence-electron chi connectivity index (χ1n) is 12.7. The summed E-state index contributed by atoms with van der Waals surface area (Å²) in [6, 6.07) is 0. The molecule has 29 heavy (non-hydrogen) atoms. The molecule has 2 heteroatoms. The van der Waals surface area contributed by atoms with E-state index < -0.39 is 0 Å². The van der Waals surface area contributed by atoms with E-state index in [0.717, 1.165) is 43.4 Å². The molecule has 0 spiro atoms. The van der Waals surface area contributed by atoms with Gasteiger partial charge in [-0.2, -0.15) is 0 Å². The second kappa shape index (κ2) is 7.97. The van der Waals surface area contributed by atoms with Crippen LogP contribution in [0.5, 0.6) is 0 Å². The maximum Gasteiger partial charge on any atom is 0.0577 e. The van der Waals surface area contributed by atoms with Crippen molar-refractivity contribution in [2.24, 2.45) is 46.3 Å². The van der Waals surface area contributed by atoms with Gasteiger partial charge < -0.3 is 10.2 Å². The van der Waals surface area contributed by atoms with Gasteiger partial charge in [0.2, 0.25) is 0 Å². The first-order valence-corrected chi connectivity index (χ1v) is 12.7. The van der Waals surface area contributed by atoms with Crippen molar-refractivity contribution in [3.05, 3.63) is 11.6 Å². The van der Waals surface area contributed by atoms with Gasteiger partial charge in [0, 0.05) is 0 Å². The van der Waals surface area contributed by atoms with Crippen LogP contribution in [0.1, 0.15) is 98.8 Å². The summed E-state index contributed by atoms with van der Waals surface area (Å²) in [6.45, 7) is 12.0. The van der Waals surface area contributed by atoms with E-state index in [1.165, 1.54) is 38.5 Å². The number of fused-ring (bicyclic) bond motifs is 5. The normalized spacial score (nSPS) is 46.5. The number of hydrogen-bond acceptors (Lipinski definition) is 2. The second-order valence-corrected chi connectivity index (χ2v) is 12.3. The van der Waals surface area contributed by atoms with Crippen LogP contribution in [0.3, 0.4) is 0 Å². The molecule has 0 aliphatic heterocycles. The van der Waals surface area contributed by atoms with Gasteiger partial charge >= 0.3 is 0 Å². The minimum absolute atomic E-state index is 0.108. The lowest BCUT2D eigenvalue weighted by molar-refractivity contribution is -0.0681. The summed E-state index contributed by atoms with van der Waals surface area (Å²) >= 11 is 0. The van der Waals surface area contributed by atoms with Crippen LogP contribution in [0.4, 0.5) is 0 Å². The molecule has 0 aromatic heterocycles. The first kappa shape index (κ1) is 21.9. The van der Waals surface area contributed by atoms with E-state index in [0.29, 0.717) is 28.6 Å². The number of rotatable bonds is 5. The molecule has 0 aromatic carbocycles. The van der Waals surface area contributed by atoms with Crippen molar-refractivity contribution in [3.8, 4) is 0 Å². The summed E-state index contributed by atoms with van der Waals surface area (Å²) in [7, 11) is 0. The Kier molecular flexibility index (Phi) is 6.01. The van der Waals surface area contributed by atoms with Crippen LogP contribution >= 0.6 is 0 Å². The third-order valence-corrected chi connectivity index (χ3v) is 10.4. The fourth-order valence-electron chi connectivity index (χ4n) is 8.58. The van der Waals surface area contributed by atoms with E-state index in [1.54, 1.807) is 5.57 Å².